The molecule has 0 aromatic heterocycles. The van der Waals surface area contributed by atoms with E-state index in [0.29, 0.717) is 37.1 Å². The van der Waals surface area contributed by atoms with Crippen LogP contribution in [0.4, 0.5) is 4.79 Å². The van der Waals surface area contributed by atoms with Gasteiger partial charge in [-0.15, -0.1) is 0 Å². The summed E-state index contributed by atoms with van der Waals surface area (Å²) in [6.07, 6.45) is 19.9. The Morgan fingerprint density at radius 3 is 2.28 bits per heavy atom. The Labute approximate surface area is 345 Å². The molecule has 0 unspecified atom stereocenters. The second-order valence-corrected chi connectivity index (χ2v) is 17.7. The Morgan fingerprint density at radius 2 is 1.59 bits per heavy atom. The number of aliphatic hydroxyl groups is 1. The van der Waals surface area contributed by atoms with Crippen molar-refractivity contribution in [1.82, 2.24) is 4.90 Å². The van der Waals surface area contributed by atoms with E-state index in [-0.39, 0.29) is 30.4 Å². The molecule has 0 saturated carbocycles. The van der Waals surface area contributed by atoms with Crippen LogP contribution in [0.2, 0.25) is 0 Å². The first kappa shape index (κ1) is 43.4. The number of likely N-dealkylation sites (N-methyl/N-ethyl adjacent to an activating group) is 1. The number of hydrogen-bond donors (Lipinski definition) is 1. The maximum absolute atomic E-state index is 14.2. The van der Waals surface area contributed by atoms with E-state index in [1.165, 1.54) is 44.9 Å². The first-order chi connectivity index (χ1) is 27.9. The van der Waals surface area contributed by atoms with E-state index in [0.717, 1.165) is 43.2 Å². The molecular formula is C48H65NO9. The van der Waals surface area contributed by atoms with Gasteiger partial charge < -0.3 is 33.7 Å². The van der Waals surface area contributed by atoms with Crippen LogP contribution in [0.1, 0.15) is 153 Å². The number of piperidine rings is 1. The summed E-state index contributed by atoms with van der Waals surface area (Å²) >= 11 is 0. The van der Waals surface area contributed by atoms with Gasteiger partial charge in [0.15, 0.2) is 17.6 Å². The Morgan fingerprint density at radius 1 is 0.914 bits per heavy atom. The molecule has 316 valence electrons. The molecule has 58 heavy (non-hydrogen) atoms. The van der Waals surface area contributed by atoms with Crippen molar-refractivity contribution in [2.24, 2.45) is 0 Å². The lowest BCUT2D eigenvalue weighted by Crippen LogP contribution is -2.74. The zero-order chi connectivity index (χ0) is 41.3. The first-order valence-electron chi connectivity index (χ1n) is 21.9. The summed E-state index contributed by atoms with van der Waals surface area (Å²) in [6, 6.07) is 12.3. The third kappa shape index (κ3) is 9.65. The molecule has 0 amide bonds. The quantitative estimate of drug-likeness (QED) is 0.0456. The summed E-state index contributed by atoms with van der Waals surface area (Å²) in [7, 11) is 2.02. The standard InChI is InChI=1S/C48H65NO9/c1-6-7-8-9-10-11-12-13-14-15-16-17-18-19-23-26-39(50)56-41(34-24-21-20-22-25-34)44(51)54-37-29-30-48(53)38-33-35-27-28-36(55-45(52)58-46(2,3)4)42-40(35)47(48,43(37)57-42)31-32-49(38)5/h13-14,20-22,24-25,27-29,38,41,43,53H,6-12,15-19,23,26,30-33H2,1-5H3/b14-13-/t38-,41+,43+,47+,48-/m1/s1. The Hall–Kier alpha value is -4.15. The Kier molecular flexibility index (Phi) is 14.4. The van der Waals surface area contributed by atoms with Crippen LogP contribution in [-0.2, 0) is 35.6 Å². The predicted molar refractivity (Wildman–Crippen MR) is 223 cm³/mol. The number of allylic oxidation sites excluding steroid dienone is 2. The van der Waals surface area contributed by atoms with Crippen molar-refractivity contribution >= 4 is 18.1 Å². The number of carbonyl (C=O) groups is 3. The van der Waals surface area contributed by atoms with Crippen LogP contribution in [0.15, 0.2) is 66.5 Å². The summed E-state index contributed by atoms with van der Waals surface area (Å²) in [5, 5.41) is 12.7. The highest BCUT2D eigenvalue weighted by molar-refractivity contribution is 5.82. The lowest BCUT2D eigenvalue weighted by atomic mass is 9.50. The van der Waals surface area contributed by atoms with Crippen LogP contribution in [0.5, 0.6) is 11.5 Å². The van der Waals surface area contributed by atoms with E-state index < -0.39 is 46.9 Å². The molecule has 2 aromatic carbocycles. The van der Waals surface area contributed by atoms with Crippen molar-refractivity contribution in [2.45, 2.75) is 172 Å². The monoisotopic (exact) mass is 799 g/mol. The summed E-state index contributed by atoms with van der Waals surface area (Å²) in [5.41, 5.74) is -0.744. The zero-order valence-electron chi connectivity index (χ0n) is 35.4. The SMILES string of the molecule is CCCCCCCC/C=C\CCCCCCCC(=O)O[C@H](C(=O)OC1=CC[C@@]2(O)[C@H]3Cc4ccc(OC(=O)OC(C)(C)C)c5c4[C@@]2(CCN3C)[C@H]1O5)c1ccccc1. The number of benzene rings is 2. The largest absolute Gasteiger partial charge is 0.514 e. The normalized spacial score (nSPS) is 23.7. The highest BCUT2D eigenvalue weighted by Gasteiger charge is 2.72. The third-order valence-corrected chi connectivity index (χ3v) is 12.3. The van der Waals surface area contributed by atoms with Gasteiger partial charge in [-0.25, -0.2) is 9.59 Å². The van der Waals surface area contributed by atoms with Gasteiger partial charge in [0.25, 0.3) is 0 Å². The summed E-state index contributed by atoms with van der Waals surface area (Å²) in [6.45, 7) is 8.19. The Bertz CT molecular complexity index is 1800. The number of esters is 2. The van der Waals surface area contributed by atoms with Crippen molar-refractivity contribution < 1.29 is 43.2 Å². The number of nitrogens with zero attached hydrogens (tertiary/aromatic N) is 1. The lowest BCUT2D eigenvalue weighted by Gasteiger charge is -2.61. The van der Waals surface area contributed by atoms with Crippen LogP contribution >= 0.6 is 0 Å². The van der Waals surface area contributed by atoms with Gasteiger partial charge in [-0.05, 0) is 97.0 Å². The van der Waals surface area contributed by atoms with Crippen molar-refractivity contribution in [1.29, 1.82) is 0 Å². The van der Waals surface area contributed by atoms with E-state index in [9.17, 15) is 19.5 Å². The second kappa shape index (κ2) is 19.3. The van der Waals surface area contributed by atoms with Crippen molar-refractivity contribution in [3.05, 3.63) is 83.1 Å². The van der Waals surface area contributed by atoms with Crippen LogP contribution < -0.4 is 9.47 Å². The fraction of sp³-hybridized carbons (Fsp3) is 0.604. The predicted octanol–water partition coefficient (Wildman–Crippen LogP) is 10.1. The van der Waals surface area contributed by atoms with Crippen LogP contribution in [0.25, 0.3) is 0 Å². The van der Waals surface area contributed by atoms with Crippen LogP contribution in [0, 0.1) is 0 Å². The molecule has 6 rings (SSSR count). The molecule has 4 aliphatic rings. The molecule has 2 aromatic rings. The van der Waals surface area contributed by atoms with Gasteiger partial charge in [-0.2, -0.15) is 0 Å². The van der Waals surface area contributed by atoms with Gasteiger partial charge in [0.05, 0.1) is 11.0 Å². The van der Waals surface area contributed by atoms with E-state index >= 15 is 0 Å². The number of carbonyl (C=O) groups excluding carboxylic acids is 3. The maximum Gasteiger partial charge on any atom is 0.514 e. The van der Waals surface area contributed by atoms with Crippen LogP contribution in [0.3, 0.4) is 0 Å². The summed E-state index contributed by atoms with van der Waals surface area (Å²) in [5.74, 6) is -0.460. The molecule has 2 heterocycles. The number of hydrogen-bond acceptors (Lipinski definition) is 10. The average molecular weight is 800 g/mol. The lowest BCUT2D eigenvalue weighted by molar-refractivity contribution is -0.176. The smallest absolute Gasteiger partial charge is 0.477 e. The number of unbranched alkanes of at least 4 members (excludes halogenated alkanes) is 11. The van der Waals surface area contributed by atoms with E-state index in [2.05, 4.69) is 24.0 Å². The second-order valence-electron chi connectivity index (χ2n) is 17.7. The number of likely N-dealkylation sites (tertiary alicyclic amines) is 1. The molecule has 10 nitrogen and oxygen atoms in total. The van der Waals surface area contributed by atoms with Gasteiger partial charge in [0.1, 0.15) is 11.4 Å². The molecular weight excluding hydrogens is 735 g/mol. The molecule has 0 radical (unpaired) electrons. The molecule has 1 saturated heterocycles. The van der Waals surface area contributed by atoms with Gasteiger partial charge >= 0.3 is 18.1 Å². The van der Waals surface area contributed by atoms with Gasteiger partial charge in [-0.1, -0.05) is 107 Å². The molecule has 1 fully saturated rings. The maximum atomic E-state index is 14.2. The molecule has 10 heteroatoms. The molecule has 1 N–H and O–H groups in total. The fourth-order valence-electron chi connectivity index (χ4n) is 9.45. The molecule has 2 bridgehead atoms. The minimum absolute atomic E-state index is 0.175. The highest BCUT2D eigenvalue weighted by atomic mass is 16.7. The zero-order valence-corrected chi connectivity index (χ0v) is 35.4. The van der Waals surface area contributed by atoms with Gasteiger partial charge in [0.2, 0.25) is 6.10 Å². The van der Waals surface area contributed by atoms with Crippen molar-refractivity contribution in [3.63, 3.8) is 0 Å². The van der Waals surface area contributed by atoms with Crippen molar-refractivity contribution in [2.75, 3.05) is 13.6 Å². The molecule has 1 spiro atoms. The van der Waals surface area contributed by atoms with Crippen molar-refractivity contribution in [3.8, 4) is 11.5 Å². The minimum Gasteiger partial charge on any atom is -0.477 e. The minimum atomic E-state index is -1.29. The topological polar surface area (TPSA) is 121 Å². The van der Waals surface area contributed by atoms with Crippen LogP contribution in [-0.4, -0.2) is 65.0 Å². The molecule has 5 atom stereocenters. The molecule has 2 aliphatic heterocycles. The first-order valence-corrected chi connectivity index (χ1v) is 21.9. The highest BCUT2D eigenvalue weighted by Crippen LogP contribution is 2.65. The fourth-order valence-corrected chi connectivity index (χ4v) is 9.45. The Balaban J connectivity index is 1.08. The summed E-state index contributed by atoms with van der Waals surface area (Å²) in [4.78, 5) is 42.4. The van der Waals surface area contributed by atoms with Gasteiger partial charge in [-0.3, -0.25) is 4.79 Å². The van der Waals surface area contributed by atoms with Gasteiger partial charge in [0, 0.05) is 30.0 Å². The van der Waals surface area contributed by atoms with E-state index in [1.54, 1.807) is 57.2 Å². The molecule has 2 aliphatic carbocycles. The van der Waals surface area contributed by atoms with E-state index in [1.807, 2.05) is 19.2 Å². The van der Waals surface area contributed by atoms with E-state index in [4.69, 9.17) is 23.7 Å². The number of ether oxygens (including phenoxy) is 5. The third-order valence-electron chi connectivity index (χ3n) is 12.3. The summed E-state index contributed by atoms with van der Waals surface area (Å²) < 4.78 is 29.9. The number of rotatable bonds is 20. The average Bonchev–Trinajstić information content (AvgIpc) is 3.54.